The molecule has 0 saturated carbocycles. The van der Waals surface area contributed by atoms with Gasteiger partial charge in [-0.15, -0.1) is 0 Å². The molecule has 0 saturated heterocycles. The smallest absolute Gasteiger partial charge is 0.273 e. The van der Waals surface area contributed by atoms with E-state index in [0.29, 0.717) is 23.1 Å². The second-order valence-electron chi connectivity index (χ2n) is 3.79. The lowest BCUT2D eigenvalue weighted by atomic mass is 10.1. The summed E-state index contributed by atoms with van der Waals surface area (Å²) in [4.78, 5) is 20.1. The molecule has 0 radical (unpaired) electrons. The molecular weight excluding hydrogens is 242 g/mol. The van der Waals surface area contributed by atoms with Crippen molar-refractivity contribution in [3.05, 3.63) is 29.7 Å². The molecule has 0 aliphatic carbocycles. The molecule has 0 aromatic carbocycles. The summed E-state index contributed by atoms with van der Waals surface area (Å²) in [5.74, 6) is 4.91. The molecule has 96 valence electrons. The fourth-order valence-electron chi connectivity index (χ4n) is 1.74. The maximum Gasteiger partial charge on any atom is 0.273 e. The highest BCUT2D eigenvalue weighted by molar-refractivity contribution is 6.01. The highest BCUT2D eigenvalue weighted by Crippen LogP contribution is 2.27. The number of rotatable bonds is 2. The van der Waals surface area contributed by atoms with E-state index in [4.69, 9.17) is 0 Å². The summed E-state index contributed by atoms with van der Waals surface area (Å²) in [5.41, 5.74) is 0.715. The minimum Gasteiger partial charge on any atom is -0.504 e. The fraction of sp³-hybridized carbons (Fsp3) is 0.214. The Morgan fingerprint density at radius 3 is 3.00 bits per heavy atom. The predicted octanol–water partition coefficient (Wildman–Crippen LogP) is 1.46. The van der Waals surface area contributed by atoms with Crippen LogP contribution in [0, 0.1) is 11.8 Å². The van der Waals surface area contributed by atoms with Crippen LogP contribution < -0.4 is 5.32 Å². The van der Waals surface area contributed by atoms with Crippen molar-refractivity contribution in [2.24, 2.45) is 0 Å². The van der Waals surface area contributed by atoms with E-state index in [1.807, 2.05) is 0 Å². The quantitative estimate of drug-likeness (QED) is 0.796. The Hall–Kier alpha value is -2.61. The minimum absolute atomic E-state index is 0.0502. The van der Waals surface area contributed by atoms with Crippen LogP contribution in [0.4, 0.5) is 0 Å². The summed E-state index contributed by atoms with van der Waals surface area (Å²) < 4.78 is 0. The lowest BCUT2D eigenvalue weighted by Crippen LogP contribution is -2.24. The largest absolute Gasteiger partial charge is 0.504 e. The summed E-state index contributed by atoms with van der Waals surface area (Å²) in [6.45, 7) is 3.93. The highest BCUT2D eigenvalue weighted by atomic mass is 16.3. The summed E-state index contributed by atoms with van der Waals surface area (Å²) in [5, 5.41) is 13.3. The molecule has 2 rings (SSSR count). The molecule has 1 amide bonds. The summed E-state index contributed by atoms with van der Waals surface area (Å²) in [6.07, 6.45) is 1.55. The third-order valence-corrected chi connectivity index (χ3v) is 2.53. The Balaban J connectivity index is 2.75. The van der Waals surface area contributed by atoms with Crippen LogP contribution in [0.1, 0.15) is 30.0 Å². The van der Waals surface area contributed by atoms with Crippen LogP contribution in [-0.2, 0) is 0 Å². The average Bonchev–Trinajstić information content (AvgIpc) is 2.42. The van der Waals surface area contributed by atoms with E-state index in [-0.39, 0.29) is 11.4 Å². The van der Waals surface area contributed by atoms with Gasteiger partial charge in [0.25, 0.3) is 5.91 Å². The van der Waals surface area contributed by atoms with E-state index >= 15 is 0 Å². The first-order chi connectivity index (χ1) is 9.19. The fourth-order valence-corrected chi connectivity index (χ4v) is 1.74. The normalized spacial score (nSPS) is 9.79. The number of hydrogen-bond donors (Lipinski definition) is 2. The predicted molar refractivity (Wildman–Crippen MR) is 71.8 cm³/mol. The van der Waals surface area contributed by atoms with Gasteiger partial charge in [-0.2, -0.15) is 0 Å². The molecule has 2 aromatic rings. The highest BCUT2D eigenvalue weighted by Gasteiger charge is 2.18. The Labute approximate surface area is 110 Å². The topological polar surface area (TPSA) is 75.1 Å². The standard InChI is InChI=1S/C14H13N3O2/c1-3-6-10-9-7-5-8-16-11(9)13(18)12(17-10)14(19)15-4-2/h5,7-8,18H,4H2,1-2H3,(H,15,19). The minimum atomic E-state index is -0.438. The van der Waals surface area contributed by atoms with Gasteiger partial charge in [0.1, 0.15) is 11.2 Å². The second-order valence-corrected chi connectivity index (χ2v) is 3.79. The molecule has 0 spiro atoms. The van der Waals surface area contributed by atoms with Crippen molar-refractivity contribution < 1.29 is 9.90 Å². The van der Waals surface area contributed by atoms with Crippen molar-refractivity contribution in [1.82, 2.24) is 15.3 Å². The number of nitrogens with zero attached hydrogens (tertiary/aromatic N) is 2. The van der Waals surface area contributed by atoms with Gasteiger partial charge in [0.2, 0.25) is 0 Å². The molecular formula is C14H13N3O2. The van der Waals surface area contributed by atoms with Crippen molar-refractivity contribution >= 4 is 16.8 Å². The first-order valence-corrected chi connectivity index (χ1v) is 5.87. The van der Waals surface area contributed by atoms with E-state index < -0.39 is 5.91 Å². The molecule has 2 heterocycles. The van der Waals surface area contributed by atoms with Gasteiger partial charge >= 0.3 is 0 Å². The third kappa shape index (κ3) is 2.33. The Bertz CT molecular complexity index is 699. The van der Waals surface area contributed by atoms with E-state index in [2.05, 4.69) is 27.1 Å². The van der Waals surface area contributed by atoms with Crippen molar-refractivity contribution in [1.29, 1.82) is 0 Å². The van der Waals surface area contributed by atoms with Crippen LogP contribution in [0.3, 0.4) is 0 Å². The molecule has 0 aliphatic rings. The number of aromatic nitrogens is 2. The summed E-state index contributed by atoms with van der Waals surface area (Å²) >= 11 is 0. The molecule has 5 nitrogen and oxygen atoms in total. The SMILES string of the molecule is CC#Cc1nc(C(=O)NCC)c(O)c2ncccc12. The zero-order valence-corrected chi connectivity index (χ0v) is 10.7. The van der Waals surface area contributed by atoms with Gasteiger partial charge in [-0.05, 0) is 31.9 Å². The third-order valence-electron chi connectivity index (χ3n) is 2.53. The number of pyridine rings is 2. The number of carbonyl (C=O) groups excluding carboxylic acids is 1. The van der Waals surface area contributed by atoms with Gasteiger partial charge in [0, 0.05) is 18.1 Å². The first-order valence-electron chi connectivity index (χ1n) is 5.87. The van der Waals surface area contributed by atoms with Crippen molar-refractivity contribution in [2.45, 2.75) is 13.8 Å². The van der Waals surface area contributed by atoms with Crippen LogP contribution in [0.15, 0.2) is 18.3 Å². The summed E-state index contributed by atoms with van der Waals surface area (Å²) in [7, 11) is 0. The summed E-state index contributed by atoms with van der Waals surface area (Å²) in [6, 6.07) is 3.49. The molecule has 0 aliphatic heterocycles. The lowest BCUT2D eigenvalue weighted by molar-refractivity contribution is 0.0948. The Kier molecular flexibility index (Phi) is 3.62. The maximum absolute atomic E-state index is 11.9. The number of hydrogen-bond acceptors (Lipinski definition) is 4. The molecule has 2 N–H and O–H groups in total. The van der Waals surface area contributed by atoms with Crippen molar-refractivity contribution in [2.75, 3.05) is 6.54 Å². The molecule has 0 unspecified atom stereocenters. The number of aromatic hydroxyl groups is 1. The molecule has 2 aromatic heterocycles. The van der Waals surface area contributed by atoms with E-state index in [9.17, 15) is 9.90 Å². The zero-order valence-electron chi connectivity index (χ0n) is 10.7. The van der Waals surface area contributed by atoms with Gasteiger partial charge in [-0.3, -0.25) is 9.78 Å². The lowest BCUT2D eigenvalue weighted by Gasteiger charge is -2.08. The number of amides is 1. The zero-order chi connectivity index (χ0) is 13.8. The van der Waals surface area contributed by atoms with Crippen LogP contribution in [-0.4, -0.2) is 27.5 Å². The number of fused-ring (bicyclic) bond motifs is 1. The van der Waals surface area contributed by atoms with E-state index in [0.717, 1.165) is 0 Å². The monoisotopic (exact) mass is 255 g/mol. The molecule has 0 bridgehead atoms. The van der Waals surface area contributed by atoms with E-state index in [1.54, 1.807) is 32.2 Å². The van der Waals surface area contributed by atoms with Crippen molar-refractivity contribution in [3.8, 4) is 17.6 Å². The molecule has 19 heavy (non-hydrogen) atoms. The Morgan fingerprint density at radius 1 is 1.53 bits per heavy atom. The van der Waals surface area contributed by atoms with Gasteiger partial charge < -0.3 is 10.4 Å². The van der Waals surface area contributed by atoms with Crippen molar-refractivity contribution in [3.63, 3.8) is 0 Å². The molecule has 5 heteroatoms. The molecule has 0 fully saturated rings. The van der Waals surface area contributed by atoms with Gasteiger partial charge in [-0.25, -0.2) is 4.98 Å². The van der Waals surface area contributed by atoms with Crippen LogP contribution in [0.5, 0.6) is 5.75 Å². The van der Waals surface area contributed by atoms with Gasteiger partial charge in [0.05, 0.1) is 0 Å². The van der Waals surface area contributed by atoms with Crippen LogP contribution in [0.25, 0.3) is 10.9 Å². The number of carbonyl (C=O) groups is 1. The van der Waals surface area contributed by atoms with Gasteiger partial charge in [0.15, 0.2) is 11.4 Å². The maximum atomic E-state index is 11.9. The first kappa shape index (κ1) is 12.8. The van der Waals surface area contributed by atoms with Crippen LogP contribution in [0.2, 0.25) is 0 Å². The van der Waals surface area contributed by atoms with Gasteiger partial charge in [-0.1, -0.05) is 5.92 Å². The Morgan fingerprint density at radius 2 is 2.32 bits per heavy atom. The molecule has 0 atom stereocenters. The van der Waals surface area contributed by atoms with Crippen LogP contribution >= 0.6 is 0 Å². The van der Waals surface area contributed by atoms with E-state index in [1.165, 1.54) is 0 Å². The number of nitrogens with one attached hydrogen (secondary N) is 1. The second kappa shape index (κ2) is 5.36. The average molecular weight is 255 g/mol.